The summed E-state index contributed by atoms with van der Waals surface area (Å²) < 4.78 is 10.4. The molecule has 1 aliphatic heterocycles. The second-order valence-corrected chi connectivity index (χ2v) is 6.13. The van der Waals surface area contributed by atoms with Crippen molar-refractivity contribution < 1.29 is 9.47 Å². The van der Waals surface area contributed by atoms with E-state index in [4.69, 9.17) is 9.47 Å². The normalized spacial score (nSPS) is 17.8. The van der Waals surface area contributed by atoms with Gasteiger partial charge in [0.25, 0.3) is 0 Å². The summed E-state index contributed by atoms with van der Waals surface area (Å²) >= 11 is 0. The molecule has 2 rings (SSSR count). The predicted octanol–water partition coefficient (Wildman–Crippen LogP) is 1.87. The topological polar surface area (TPSA) is 58.1 Å². The Kier molecular flexibility index (Phi) is 9.15. The molecule has 1 aromatic rings. The minimum Gasteiger partial charge on any atom is -0.382 e. The van der Waals surface area contributed by atoms with Crippen molar-refractivity contribution in [2.45, 2.75) is 25.8 Å². The molecule has 25 heavy (non-hydrogen) atoms. The highest BCUT2D eigenvalue weighted by molar-refractivity contribution is 5.80. The number of nitrogens with one attached hydrogen (secondary N) is 2. The number of aliphatic imine (C=N–C) groups is 1. The molecule has 0 amide bonds. The van der Waals surface area contributed by atoms with Gasteiger partial charge in [-0.3, -0.25) is 4.99 Å². The Morgan fingerprint density at radius 2 is 2.08 bits per heavy atom. The van der Waals surface area contributed by atoms with E-state index in [1.54, 1.807) is 7.11 Å². The molecule has 1 atom stereocenters. The Labute approximate surface area is 151 Å². The van der Waals surface area contributed by atoms with Crippen LogP contribution in [0.4, 0.5) is 5.69 Å². The van der Waals surface area contributed by atoms with E-state index in [9.17, 15) is 0 Å². The molecule has 1 fully saturated rings. The van der Waals surface area contributed by atoms with E-state index in [-0.39, 0.29) is 0 Å². The first-order valence-corrected chi connectivity index (χ1v) is 9.25. The lowest BCUT2D eigenvalue weighted by atomic mass is 10.3. The van der Waals surface area contributed by atoms with Crippen molar-refractivity contribution in [3.8, 4) is 0 Å². The SMILES string of the molecule is CCNC(=NCCCOCCOC)NC1CCN(c2ccccc2)C1. The van der Waals surface area contributed by atoms with E-state index in [0.29, 0.717) is 19.3 Å². The van der Waals surface area contributed by atoms with Gasteiger partial charge in [0.1, 0.15) is 0 Å². The van der Waals surface area contributed by atoms with E-state index >= 15 is 0 Å². The van der Waals surface area contributed by atoms with Gasteiger partial charge in [-0.25, -0.2) is 0 Å². The lowest BCUT2D eigenvalue weighted by Gasteiger charge is -2.20. The zero-order valence-electron chi connectivity index (χ0n) is 15.5. The van der Waals surface area contributed by atoms with Gasteiger partial charge in [0.15, 0.2) is 5.96 Å². The molecule has 0 radical (unpaired) electrons. The molecule has 1 aliphatic rings. The van der Waals surface area contributed by atoms with Crippen LogP contribution in [-0.4, -0.2) is 65.1 Å². The number of hydrogen-bond donors (Lipinski definition) is 2. The lowest BCUT2D eigenvalue weighted by Crippen LogP contribution is -2.44. The van der Waals surface area contributed by atoms with Gasteiger partial charge in [0, 0.05) is 51.6 Å². The molecule has 1 unspecified atom stereocenters. The second-order valence-electron chi connectivity index (χ2n) is 6.13. The van der Waals surface area contributed by atoms with Crippen LogP contribution >= 0.6 is 0 Å². The minimum atomic E-state index is 0.427. The Morgan fingerprint density at radius 1 is 1.24 bits per heavy atom. The zero-order valence-corrected chi connectivity index (χ0v) is 15.5. The van der Waals surface area contributed by atoms with Gasteiger partial charge in [-0.15, -0.1) is 0 Å². The maximum Gasteiger partial charge on any atom is 0.191 e. The summed E-state index contributed by atoms with van der Waals surface area (Å²) in [6.07, 6.45) is 2.04. The molecular formula is C19H32N4O2. The van der Waals surface area contributed by atoms with E-state index < -0.39 is 0 Å². The van der Waals surface area contributed by atoms with Gasteiger partial charge < -0.3 is 25.0 Å². The molecule has 1 saturated heterocycles. The fourth-order valence-electron chi connectivity index (χ4n) is 2.87. The molecule has 0 bridgehead atoms. The average molecular weight is 348 g/mol. The van der Waals surface area contributed by atoms with Crippen LogP contribution in [0, 0.1) is 0 Å². The van der Waals surface area contributed by atoms with E-state index in [1.807, 2.05) is 0 Å². The Balaban J connectivity index is 1.72. The summed E-state index contributed by atoms with van der Waals surface area (Å²) in [5.74, 6) is 0.902. The fourth-order valence-corrected chi connectivity index (χ4v) is 2.87. The van der Waals surface area contributed by atoms with Gasteiger partial charge in [0.2, 0.25) is 0 Å². The van der Waals surface area contributed by atoms with Crippen LogP contribution in [-0.2, 0) is 9.47 Å². The summed E-state index contributed by atoms with van der Waals surface area (Å²) in [5, 5.41) is 6.90. The highest BCUT2D eigenvalue weighted by Crippen LogP contribution is 2.19. The fraction of sp³-hybridized carbons (Fsp3) is 0.632. The first-order valence-electron chi connectivity index (χ1n) is 9.25. The molecule has 6 nitrogen and oxygen atoms in total. The van der Waals surface area contributed by atoms with Crippen molar-refractivity contribution in [3.63, 3.8) is 0 Å². The van der Waals surface area contributed by atoms with Crippen molar-refractivity contribution in [1.82, 2.24) is 10.6 Å². The van der Waals surface area contributed by atoms with Crippen molar-refractivity contribution in [3.05, 3.63) is 30.3 Å². The third kappa shape index (κ3) is 7.32. The average Bonchev–Trinajstić information content (AvgIpc) is 3.10. The van der Waals surface area contributed by atoms with Crippen molar-refractivity contribution in [2.75, 3.05) is 58.0 Å². The first-order chi connectivity index (χ1) is 12.3. The lowest BCUT2D eigenvalue weighted by molar-refractivity contribution is 0.0702. The number of anilines is 1. The van der Waals surface area contributed by atoms with Crippen molar-refractivity contribution >= 4 is 11.6 Å². The van der Waals surface area contributed by atoms with Gasteiger partial charge in [-0.05, 0) is 31.9 Å². The van der Waals surface area contributed by atoms with Crippen LogP contribution in [0.25, 0.3) is 0 Å². The van der Waals surface area contributed by atoms with Gasteiger partial charge in [0.05, 0.1) is 13.2 Å². The number of methoxy groups -OCH3 is 1. The summed E-state index contributed by atoms with van der Waals surface area (Å²) in [7, 11) is 1.68. The Morgan fingerprint density at radius 3 is 2.84 bits per heavy atom. The van der Waals surface area contributed by atoms with E-state index in [2.05, 4.69) is 57.8 Å². The minimum absolute atomic E-state index is 0.427. The van der Waals surface area contributed by atoms with Crippen LogP contribution in [0.1, 0.15) is 19.8 Å². The van der Waals surface area contributed by atoms with Crippen LogP contribution < -0.4 is 15.5 Å². The van der Waals surface area contributed by atoms with Crippen LogP contribution in [0.15, 0.2) is 35.3 Å². The van der Waals surface area contributed by atoms with Crippen LogP contribution in [0.2, 0.25) is 0 Å². The molecule has 6 heteroatoms. The number of ether oxygens (including phenoxy) is 2. The van der Waals surface area contributed by atoms with E-state index in [0.717, 1.165) is 51.6 Å². The largest absolute Gasteiger partial charge is 0.382 e. The van der Waals surface area contributed by atoms with Crippen molar-refractivity contribution in [2.24, 2.45) is 4.99 Å². The maximum atomic E-state index is 5.47. The quantitative estimate of drug-likeness (QED) is 0.384. The summed E-state index contributed by atoms with van der Waals surface area (Å²) in [4.78, 5) is 7.08. The van der Waals surface area contributed by atoms with Crippen LogP contribution in [0.3, 0.4) is 0 Å². The molecule has 140 valence electrons. The number of benzene rings is 1. The number of hydrogen-bond acceptors (Lipinski definition) is 4. The summed E-state index contributed by atoms with van der Waals surface area (Å²) in [6, 6.07) is 11.0. The third-order valence-corrected chi connectivity index (χ3v) is 4.14. The van der Waals surface area contributed by atoms with Crippen LogP contribution in [0.5, 0.6) is 0 Å². The third-order valence-electron chi connectivity index (χ3n) is 4.14. The zero-order chi connectivity index (χ0) is 17.7. The number of guanidine groups is 1. The maximum absolute atomic E-state index is 5.47. The Bertz CT molecular complexity index is 495. The molecule has 0 saturated carbocycles. The monoisotopic (exact) mass is 348 g/mol. The van der Waals surface area contributed by atoms with Gasteiger partial charge >= 0.3 is 0 Å². The van der Waals surface area contributed by atoms with E-state index in [1.165, 1.54) is 5.69 Å². The van der Waals surface area contributed by atoms with Crippen molar-refractivity contribution in [1.29, 1.82) is 0 Å². The second kappa shape index (κ2) is 11.7. The molecule has 1 aromatic carbocycles. The molecule has 0 spiro atoms. The van der Waals surface area contributed by atoms with Gasteiger partial charge in [-0.1, -0.05) is 18.2 Å². The first kappa shape index (κ1) is 19.5. The number of nitrogens with zero attached hydrogens (tertiary/aromatic N) is 2. The van der Waals surface area contributed by atoms with Gasteiger partial charge in [-0.2, -0.15) is 0 Å². The molecule has 1 heterocycles. The number of para-hydroxylation sites is 1. The highest BCUT2D eigenvalue weighted by atomic mass is 16.5. The number of rotatable bonds is 10. The molecule has 2 N–H and O–H groups in total. The smallest absolute Gasteiger partial charge is 0.191 e. The Hall–Kier alpha value is -1.79. The standard InChI is InChI=1S/C19H32N4O2/c1-3-20-19(21-11-7-13-25-15-14-24-2)22-17-10-12-23(16-17)18-8-5-4-6-9-18/h4-6,8-9,17H,3,7,10-16H2,1-2H3,(H2,20,21,22). The highest BCUT2D eigenvalue weighted by Gasteiger charge is 2.23. The summed E-state index contributed by atoms with van der Waals surface area (Å²) in [5.41, 5.74) is 1.29. The molecule has 0 aliphatic carbocycles. The molecule has 0 aromatic heterocycles. The summed E-state index contributed by atoms with van der Waals surface area (Å²) in [6.45, 7) is 7.82. The molecular weight excluding hydrogens is 316 g/mol. The predicted molar refractivity (Wildman–Crippen MR) is 103 cm³/mol.